The first-order valence-electron chi connectivity index (χ1n) is 7.74. The van der Waals surface area contributed by atoms with Gasteiger partial charge in [-0.05, 0) is 23.6 Å². The normalized spacial score (nSPS) is 11.9. The molecule has 1 heterocycles. The van der Waals surface area contributed by atoms with Crippen LogP contribution in [0.15, 0.2) is 40.8 Å². The predicted molar refractivity (Wildman–Crippen MR) is 86.5 cm³/mol. The summed E-state index contributed by atoms with van der Waals surface area (Å²) < 4.78 is 5.54. The number of nitrogens with one attached hydrogen (secondary N) is 1. The summed E-state index contributed by atoms with van der Waals surface area (Å²) in [7, 11) is 0. The molecule has 23 heavy (non-hydrogen) atoms. The molecule has 0 spiro atoms. The van der Waals surface area contributed by atoms with Crippen LogP contribution in [0.1, 0.15) is 41.3 Å². The van der Waals surface area contributed by atoms with Crippen molar-refractivity contribution in [2.75, 3.05) is 0 Å². The highest BCUT2D eigenvalue weighted by molar-refractivity contribution is 5.94. The van der Waals surface area contributed by atoms with Crippen molar-refractivity contribution < 1.29 is 19.1 Å². The third-order valence-corrected chi connectivity index (χ3v) is 3.71. The second-order valence-electron chi connectivity index (χ2n) is 5.32. The maximum atomic E-state index is 12.3. The Labute approximate surface area is 135 Å². The number of carboxylic acid groups (broad SMARTS) is 1. The van der Waals surface area contributed by atoms with E-state index >= 15 is 0 Å². The van der Waals surface area contributed by atoms with Gasteiger partial charge in [-0.2, -0.15) is 0 Å². The molecular formula is C18H21NO4. The van der Waals surface area contributed by atoms with Crippen LogP contribution in [0, 0.1) is 0 Å². The van der Waals surface area contributed by atoms with Gasteiger partial charge in [-0.3, -0.25) is 4.79 Å². The lowest BCUT2D eigenvalue weighted by Crippen LogP contribution is -2.42. The summed E-state index contributed by atoms with van der Waals surface area (Å²) in [5, 5.41) is 11.9. The standard InChI is InChI=1S/C18H21NO4/c1-3-13-11-16(23-15(13)4-2)17(20)19-14(18(21)22)10-12-8-6-5-7-9-12/h5-9,11,14H,3-4,10H2,1-2H3,(H,19,20)(H,21,22)/t14-/m0/s1. The van der Waals surface area contributed by atoms with Crippen LogP contribution in [-0.4, -0.2) is 23.0 Å². The largest absolute Gasteiger partial charge is 0.480 e. The van der Waals surface area contributed by atoms with Crippen molar-refractivity contribution in [3.05, 3.63) is 59.0 Å². The van der Waals surface area contributed by atoms with Crippen LogP contribution >= 0.6 is 0 Å². The van der Waals surface area contributed by atoms with E-state index in [0.717, 1.165) is 23.3 Å². The van der Waals surface area contributed by atoms with Crippen LogP contribution in [0.25, 0.3) is 0 Å². The molecule has 1 aromatic heterocycles. The molecule has 0 aliphatic rings. The Morgan fingerprint density at radius 1 is 1.17 bits per heavy atom. The molecule has 5 heteroatoms. The minimum atomic E-state index is -1.07. The van der Waals surface area contributed by atoms with E-state index in [1.54, 1.807) is 6.07 Å². The lowest BCUT2D eigenvalue weighted by atomic mass is 10.1. The van der Waals surface area contributed by atoms with Gasteiger partial charge in [-0.25, -0.2) is 4.79 Å². The molecule has 0 aliphatic heterocycles. The van der Waals surface area contributed by atoms with Gasteiger partial charge in [0.05, 0.1) is 0 Å². The quantitative estimate of drug-likeness (QED) is 0.823. The third kappa shape index (κ3) is 4.22. The van der Waals surface area contributed by atoms with Crippen molar-refractivity contribution in [1.29, 1.82) is 0 Å². The molecule has 1 atom stereocenters. The first-order chi connectivity index (χ1) is 11.0. The lowest BCUT2D eigenvalue weighted by molar-refractivity contribution is -0.139. The van der Waals surface area contributed by atoms with Crippen LogP contribution in [0.5, 0.6) is 0 Å². The smallest absolute Gasteiger partial charge is 0.326 e. The molecule has 0 saturated heterocycles. The average Bonchev–Trinajstić information content (AvgIpc) is 2.98. The number of benzene rings is 1. The fraction of sp³-hybridized carbons (Fsp3) is 0.333. The van der Waals surface area contributed by atoms with Gasteiger partial charge in [0.2, 0.25) is 0 Å². The maximum absolute atomic E-state index is 12.3. The number of furan rings is 1. The minimum absolute atomic E-state index is 0.165. The van der Waals surface area contributed by atoms with E-state index in [9.17, 15) is 14.7 Å². The molecule has 2 N–H and O–H groups in total. The van der Waals surface area contributed by atoms with Crippen LogP contribution in [0.2, 0.25) is 0 Å². The Morgan fingerprint density at radius 2 is 1.87 bits per heavy atom. The number of hydrogen-bond donors (Lipinski definition) is 2. The van der Waals surface area contributed by atoms with E-state index in [2.05, 4.69) is 5.32 Å². The molecule has 5 nitrogen and oxygen atoms in total. The Balaban J connectivity index is 2.12. The van der Waals surface area contributed by atoms with Crippen LogP contribution in [0.4, 0.5) is 0 Å². The van der Waals surface area contributed by atoms with Gasteiger partial charge in [0.25, 0.3) is 5.91 Å². The molecule has 0 bridgehead atoms. The molecule has 0 radical (unpaired) electrons. The van der Waals surface area contributed by atoms with E-state index in [-0.39, 0.29) is 12.2 Å². The summed E-state index contributed by atoms with van der Waals surface area (Å²) in [6.07, 6.45) is 1.69. The lowest BCUT2D eigenvalue weighted by Gasteiger charge is -2.13. The zero-order valence-corrected chi connectivity index (χ0v) is 13.3. The molecular weight excluding hydrogens is 294 g/mol. The number of carboxylic acids is 1. The highest BCUT2D eigenvalue weighted by Crippen LogP contribution is 2.17. The van der Waals surface area contributed by atoms with Gasteiger partial charge in [0.15, 0.2) is 5.76 Å². The maximum Gasteiger partial charge on any atom is 0.326 e. The van der Waals surface area contributed by atoms with E-state index in [4.69, 9.17) is 4.42 Å². The van der Waals surface area contributed by atoms with Gasteiger partial charge in [-0.15, -0.1) is 0 Å². The van der Waals surface area contributed by atoms with Crippen molar-refractivity contribution in [2.24, 2.45) is 0 Å². The zero-order chi connectivity index (χ0) is 16.8. The SMILES string of the molecule is CCc1cc(C(=O)N[C@@H](Cc2ccccc2)C(=O)O)oc1CC. The highest BCUT2D eigenvalue weighted by atomic mass is 16.4. The van der Waals surface area contributed by atoms with Gasteiger partial charge in [0, 0.05) is 12.8 Å². The molecule has 0 fully saturated rings. The Hall–Kier alpha value is -2.56. The fourth-order valence-electron chi connectivity index (χ4n) is 2.46. The Bertz CT molecular complexity index is 654. The van der Waals surface area contributed by atoms with Crippen LogP contribution < -0.4 is 5.32 Å². The van der Waals surface area contributed by atoms with E-state index in [0.29, 0.717) is 6.42 Å². The summed E-state index contributed by atoms with van der Waals surface area (Å²) in [5.74, 6) is -0.631. The number of carbonyl (C=O) groups excluding carboxylic acids is 1. The summed E-state index contributed by atoms with van der Waals surface area (Å²) >= 11 is 0. The Morgan fingerprint density at radius 3 is 2.39 bits per heavy atom. The fourth-order valence-corrected chi connectivity index (χ4v) is 2.46. The molecule has 0 unspecified atom stereocenters. The molecule has 2 rings (SSSR count). The monoisotopic (exact) mass is 315 g/mol. The van der Waals surface area contributed by atoms with Gasteiger partial charge in [0.1, 0.15) is 11.8 Å². The molecule has 122 valence electrons. The molecule has 0 aliphatic carbocycles. The van der Waals surface area contributed by atoms with E-state index in [1.165, 1.54) is 0 Å². The van der Waals surface area contributed by atoms with Crippen LogP contribution in [0.3, 0.4) is 0 Å². The van der Waals surface area contributed by atoms with Crippen molar-refractivity contribution in [3.63, 3.8) is 0 Å². The number of rotatable bonds is 7. The number of aryl methyl sites for hydroxylation is 2. The molecule has 0 saturated carbocycles. The topological polar surface area (TPSA) is 79.5 Å². The number of aliphatic carboxylic acids is 1. The first kappa shape index (κ1) is 16.8. The summed E-state index contributed by atoms with van der Waals surface area (Å²) in [4.78, 5) is 23.7. The number of amides is 1. The minimum Gasteiger partial charge on any atom is -0.480 e. The van der Waals surface area contributed by atoms with E-state index in [1.807, 2.05) is 44.2 Å². The second kappa shape index (κ2) is 7.63. The van der Waals surface area contributed by atoms with Crippen molar-refractivity contribution in [3.8, 4) is 0 Å². The second-order valence-corrected chi connectivity index (χ2v) is 5.32. The van der Waals surface area contributed by atoms with Crippen LogP contribution in [-0.2, 0) is 24.1 Å². The summed E-state index contributed by atoms with van der Waals surface area (Å²) in [6, 6.07) is 9.89. The first-order valence-corrected chi connectivity index (χ1v) is 7.74. The molecule has 2 aromatic rings. The predicted octanol–water partition coefficient (Wildman–Crippen LogP) is 2.83. The molecule has 1 aromatic carbocycles. The van der Waals surface area contributed by atoms with Gasteiger partial charge >= 0.3 is 5.97 Å². The highest BCUT2D eigenvalue weighted by Gasteiger charge is 2.23. The number of hydrogen-bond acceptors (Lipinski definition) is 3. The number of carbonyl (C=O) groups is 2. The average molecular weight is 315 g/mol. The summed E-state index contributed by atoms with van der Waals surface area (Å²) in [5.41, 5.74) is 1.83. The van der Waals surface area contributed by atoms with Gasteiger partial charge in [-0.1, -0.05) is 44.2 Å². The Kier molecular flexibility index (Phi) is 5.57. The third-order valence-electron chi connectivity index (χ3n) is 3.71. The van der Waals surface area contributed by atoms with Crippen molar-refractivity contribution >= 4 is 11.9 Å². The van der Waals surface area contributed by atoms with Gasteiger partial charge < -0.3 is 14.8 Å². The van der Waals surface area contributed by atoms with E-state index < -0.39 is 17.9 Å². The van der Waals surface area contributed by atoms with Crippen molar-refractivity contribution in [1.82, 2.24) is 5.32 Å². The molecule has 1 amide bonds. The van der Waals surface area contributed by atoms with Crippen molar-refractivity contribution in [2.45, 2.75) is 39.2 Å². The summed E-state index contributed by atoms with van der Waals surface area (Å²) in [6.45, 7) is 3.94. The zero-order valence-electron chi connectivity index (χ0n) is 13.3.